The number of amides is 2. The van der Waals surface area contributed by atoms with Crippen LogP contribution in [-0.2, 0) is 4.79 Å². The van der Waals surface area contributed by atoms with E-state index in [0.29, 0.717) is 10.6 Å². The summed E-state index contributed by atoms with van der Waals surface area (Å²) in [4.78, 5) is 22.7. The molecule has 3 N–H and O–H groups in total. The van der Waals surface area contributed by atoms with E-state index in [0.717, 1.165) is 0 Å². The zero-order chi connectivity index (χ0) is 12.7. The fourth-order valence-corrected chi connectivity index (χ4v) is 1.25. The molecule has 0 saturated heterocycles. The first kappa shape index (κ1) is 13.5. The van der Waals surface area contributed by atoms with Crippen LogP contribution in [0.1, 0.15) is 10.4 Å². The highest BCUT2D eigenvalue weighted by Gasteiger charge is 2.07. The third-order valence-electron chi connectivity index (χ3n) is 1.95. The lowest BCUT2D eigenvalue weighted by Crippen LogP contribution is -2.37. The maximum Gasteiger partial charge on any atom is 0.251 e. The number of hydrogen-bond donors (Lipinski definition) is 3. The average molecular weight is 257 g/mol. The highest BCUT2D eigenvalue weighted by atomic mass is 35.5. The van der Waals surface area contributed by atoms with Gasteiger partial charge in [-0.3, -0.25) is 9.59 Å². The highest BCUT2D eigenvalue weighted by molar-refractivity contribution is 6.30. The van der Waals surface area contributed by atoms with E-state index in [2.05, 4.69) is 10.6 Å². The number of halogens is 1. The molecule has 0 fully saturated rings. The van der Waals surface area contributed by atoms with Gasteiger partial charge in [0.25, 0.3) is 5.91 Å². The molecule has 0 atom stereocenters. The fraction of sp³-hybridized carbons (Fsp3) is 0.273. The van der Waals surface area contributed by atoms with E-state index in [9.17, 15) is 9.59 Å². The SMILES string of the molecule is O=C(CNC(=O)c1ccc(Cl)cc1)NCCO. The Morgan fingerprint density at radius 2 is 1.82 bits per heavy atom. The van der Waals surface area contributed by atoms with Crippen LogP contribution in [0, 0.1) is 0 Å². The van der Waals surface area contributed by atoms with Crippen LogP contribution in [-0.4, -0.2) is 36.6 Å². The smallest absolute Gasteiger partial charge is 0.251 e. The third-order valence-corrected chi connectivity index (χ3v) is 2.20. The molecule has 0 saturated carbocycles. The lowest BCUT2D eigenvalue weighted by Gasteiger charge is -2.05. The second kappa shape index (κ2) is 6.88. The second-order valence-corrected chi connectivity index (χ2v) is 3.70. The molecular formula is C11H13ClN2O3. The van der Waals surface area contributed by atoms with Crippen molar-refractivity contribution in [1.29, 1.82) is 0 Å². The molecule has 2 amide bonds. The van der Waals surface area contributed by atoms with Gasteiger partial charge in [-0.2, -0.15) is 0 Å². The molecule has 0 aromatic heterocycles. The topological polar surface area (TPSA) is 78.4 Å². The Morgan fingerprint density at radius 3 is 2.41 bits per heavy atom. The van der Waals surface area contributed by atoms with E-state index in [1.807, 2.05) is 0 Å². The summed E-state index contributed by atoms with van der Waals surface area (Å²) in [6.07, 6.45) is 0. The van der Waals surface area contributed by atoms with E-state index in [1.165, 1.54) is 0 Å². The number of carbonyl (C=O) groups is 2. The predicted octanol–water partition coefficient (Wildman–Crippen LogP) is 0.178. The molecule has 6 heteroatoms. The van der Waals surface area contributed by atoms with Crippen molar-refractivity contribution in [3.63, 3.8) is 0 Å². The number of benzene rings is 1. The Kier molecular flexibility index (Phi) is 5.45. The first-order valence-corrected chi connectivity index (χ1v) is 5.42. The zero-order valence-corrected chi connectivity index (χ0v) is 9.83. The van der Waals surface area contributed by atoms with Gasteiger partial charge in [-0.15, -0.1) is 0 Å². The number of aliphatic hydroxyl groups is 1. The van der Waals surface area contributed by atoms with Crippen LogP contribution in [0.15, 0.2) is 24.3 Å². The van der Waals surface area contributed by atoms with Gasteiger partial charge in [0.2, 0.25) is 5.91 Å². The highest BCUT2D eigenvalue weighted by Crippen LogP contribution is 2.08. The van der Waals surface area contributed by atoms with Crippen LogP contribution in [0.5, 0.6) is 0 Å². The van der Waals surface area contributed by atoms with E-state index in [-0.39, 0.29) is 31.5 Å². The minimum atomic E-state index is -0.346. The van der Waals surface area contributed by atoms with Crippen molar-refractivity contribution in [3.05, 3.63) is 34.9 Å². The number of nitrogens with one attached hydrogen (secondary N) is 2. The summed E-state index contributed by atoms with van der Waals surface area (Å²) in [5, 5.41) is 13.9. The molecule has 0 aliphatic carbocycles. The Morgan fingerprint density at radius 1 is 1.18 bits per heavy atom. The quantitative estimate of drug-likeness (QED) is 0.703. The van der Waals surface area contributed by atoms with Crippen LogP contribution >= 0.6 is 11.6 Å². The summed E-state index contributed by atoms with van der Waals surface area (Å²) in [5.41, 5.74) is 0.435. The van der Waals surface area contributed by atoms with Gasteiger partial charge in [0.1, 0.15) is 0 Å². The summed E-state index contributed by atoms with van der Waals surface area (Å²) in [6, 6.07) is 6.34. The summed E-state index contributed by atoms with van der Waals surface area (Å²) in [6.45, 7) is -0.0754. The van der Waals surface area contributed by atoms with Crippen LogP contribution in [0.2, 0.25) is 5.02 Å². The third kappa shape index (κ3) is 4.84. The van der Waals surface area contributed by atoms with Crippen molar-refractivity contribution >= 4 is 23.4 Å². The minimum Gasteiger partial charge on any atom is -0.395 e. The first-order valence-electron chi connectivity index (χ1n) is 5.05. The van der Waals surface area contributed by atoms with Gasteiger partial charge in [-0.1, -0.05) is 11.6 Å². The lowest BCUT2D eigenvalue weighted by molar-refractivity contribution is -0.120. The maximum absolute atomic E-state index is 11.6. The molecule has 1 aromatic carbocycles. The normalized spacial score (nSPS) is 9.76. The maximum atomic E-state index is 11.6. The Labute approximate surface area is 104 Å². The molecule has 17 heavy (non-hydrogen) atoms. The molecular weight excluding hydrogens is 244 g/mol. The largest absolute Gasteiger partial charge is 0.395 e. The molecule has 0 spiro atoms. The van der Waals surface area contributed by atoms with Gasteiger partial charge >= 0.3 is 0 Å². The Balaban J connectivity index is 2.39. The molecule has 92 valence electrons. The summed E-state index contributed by atoms with van der Waals surface area (Å²) in [5.74, 6) is -0.692. The summed E-state index contributed by atoms with van der Waals surface area (Å²) >= 11 is 5.68. The van der Waals surface area contributed by atoms with Gasteiger partial charge in [-0.05, 0) is 24.3 Å². The van der Waals surface area contributed by atoms with Crippen molar-refractivity contribution in [1.82, 2.24) is 10.6 Å². The molecule has 0 bridgehead atoms. The van der Waals surface area contributed by atoms with Crippen molar-refractivity contribution in [2.24, 2.45) is 0 Å². The summed E-state index contributed by atoms with van der Waals surface area (Å²) < 4.78 is 0. The van der Waals surface area contributed by atoms with Gasteiger partial charge in [0.05, 0.1) is 13.2 Å². The average Bonchev–Trinajstić information content (AvgIpc) is 2.34. The molecule has 1 rings (SSSR count). The van der Waals surface area contributed by atoms with E-state index in [1.54, 1.807) is 24.3 Å². The van der Waals surface area contributed by atoms with Gasteiger partial charge < -0.3 is 15.7 Å². The molecule has 0 aliphatic heterocycles. The predicted molar refractivity (Wildman–Crippen MR) is 63.9 cm³/mol. The minimum absolute atomic E-state index is 0.124. The van der Waals surface area contributed by atoms with Crippen LogP contribution in [0.25, 0.3) is 0 Å². The Hall–Kier alpha value is -1.59. The number of rotatable bonds is 5. The van der Waals surface area contributed by atoms with Crippen molar-refractivity contribution in [2.45, 2.75) is 0 Å². The van der Waals surface area contributed by atoms with Crippen molar-refractivity contribution in [2.75, 3.05) is 19.7 Å². The van der Waals surface area contributed by atoms with Gasteiger partial charge in [-0.25, -0.2) is 0 Å². The van der Waals surface area contributed by atoms with Crippen LogP contribution in [0.4, 0.5) is 0 Å². The Bertz CT molecular complexity index is 392. The van der Waals surface area contributed by atoms with Gasteiger partial charge in [0.15, 0.2) is 0 Å². The molecule has 0 heterocycles. The summed E-state index contributed by atoms with van der Waals surface area (Å²) in [7, 11) is 0. The van der Waals surface area contributed by atoms with E-state index < -0.39 is 0 Å². The molecule has 1 aromatic rings. The van der Waals surface area contributed by atoms with Crippen molar-refractivity contribution in [3.8, 4) is 0 Å². The van der Waals surface area contributed by atoms with E-state index in [4.69, 9.17) is 16.7 Å². The molecule has 0 aliphatic rings. The molecule has 5 nitrogen and oxygen atoms in total. The number of aliphatic hydroxyl groups excluding tert-OH is 1. The van der Waals surface area contributed by atoms with Crippen LogP contribution < -0.4 is 10.6 Å². The van der Waals surface area contributed by atoms with Gasteiger partial charge in [0, 0.05) is 17.1 Å². The number of carbonyl (C=O) groups excluding carboxylic acids is 2. The van der Waals surface area contributed by atoms with Crippen molar-refractivity contribution < 1.29 is 14.7 Å². The second-order valence-electron chi connectivity index (χ2n) is 3.26. The van der Waals surface area contributed by atoms with Crippen LogP contribution in [0.3, 0.4) is 0 Å². The molecule has 0 unspecified atom stereocenters. The monoisotopic (exact) mass is 256 g/mol. The lowest BCUT2D eigenvalue weighted by atomic mass is 10.2. The first-order chi connectivity index (χ1) is 8.13. The van der Waals surface area contributed by atoms with E-state index >= 15 is 0 Å². The number of hydrogen-bond acceptors (Lipinski definition) is 3. The fourth-order valence-electron chi connectivity index (χ4n) is 1.12. The standard InChI is InChI=1S/C11H13ClN2O3/c12-9-3-1-8(2-4-9)11(17)14-7-10(16)13-5-6-15/h1-4,15H,5-7H2,(H,13,16)(H,14,17). The zero-order valence-electron chi connectivity index (χ0n) is 9.07. The molecule has 0 radical (unpaired) electrons.